The van der Waals surface area contributed by atoms with E-state index in [1.54, 1.807) is 12.1 Å². The molecular formula is C16H25FIN5O2S. The topological polar surface area (TPSA) is 82.2 Å². The van der Waals surface area contributed by atoms with Crippen LogP contribution in [0.1, 0.15) is 0 Å². The van der Waals surface area contributed by atoms with Crippen LogP contribution in [0.15, 0.2) is 29.3 Å². The van der Waals surface area contributed by atoms with Crippen LogP contribution in [0.3, 0.4) is 0 Å². The Bertz CT molecular complexity index is 730. The Balaban J connectivity index is 0.00000243. The molecule has 2 fully saturated rings. The van der Waals surface area contributed by atoms with Gasteiger partial charge in [0.1, 0.15) is 5.82 Å². The predicted molar refractivity (Wildman–Crippen MR) is 112 cm³/mol. The quantitative estimate of drug-likeness (QED) is 0.378. The molecule has 26 heavy (non-hydrogen) atoms. The van der Waals surface area contributed by atoms with Gasteiger partial charge in [-0.15, -0.1) is 24.0 Å². The molecule has 146 valence electrons. The maximum absolute atomic E-state index is 13.0. The first kappa shape index (κ1) is 21.2. The summed E-state index contributed by atoms with van der Waals surface area (Å²) in [5.74, 6) is 0.523. The first-order chi connectivity index (χ1) is 11.8. The normalized spacial score (nSPS) is 19.8. The SMILES string of the molecule is CS(=O)(=O)N1CC(CN=C(N)N2CCN(c3ccc(F)cc3)CC2)C1.I. The van der Waals surface area contributed by atoms with Gasteiger partial charge in [-0.05, 0) is 24.3 Å². The smallest absolute Gasteiger partial charge is 0.211 e. The molecule has 0 atom stereocenters. The lowest BCUT2D eigenvalue weighted by atomic mass is 10.0. The molecule has 2 heterocycles. The van der Waals surface area contributed by atoms with Crippen molar-refractivity contribution in [2.45, 2.75) is 0 Å². The van der Waals surface area contributed by atoms with E-state index in [9.17, 15) is 12.8 Å². The van der Waals surface area contributed by atoms with Gasteiger partial charge in [0.25, 0.3) is 0 Å². The highest BCUT2D eigenvalue weighted by Gasteiger charge is 2.32. The Morgan fingerprint density at radius 1 is 1.19 bits per heavy atom. The molecule has 3 rings (SSSR count). The van der Waals surface area contributed by atoms with Crippen molar-refractivity contribution < 1.29 is 12.8 Å². The summed E-state index contributed by atoms with van der Waals surface area (Å²) < 4.78 is 37.1. The van der Waals surface area contributed by atoms with E-state index in [2.05, 4.69) is 9.89 Å². The van der Waals surface area contributed by atoms with Crippen LogP contribution in [-0.4, -0.2) is 75.7 Å². The minimum atomic E-state index is -3.08. The van der Waals surface area contributed by atoms with Crippen molar-refractivity contribution in [3.8, 4) is 0 Å². The van der Waals surface area contributed by atoms with E-state index in [1.807, 2.05) is 4.90 Å². The van der Waals surface area contributed by atoms with Crippen molar-refractivity contribution in [1.82, 2.24) is 9.21 Å². The van der Waals surface area contributed by atoms with Gasteiger partial charge in [0.2, 0.25) is 10.0 Å². The molecule has 1 aromatic rings. The van der Waals surface area contributed by atoms with E-state index < -0.39 is 10.0 Å². The van der Waals surface area contributed by atoms with Crippen LogP contribution in [0, 0.1) is 11.7 Å². The fraction of sp³-hybridized carbons (Fsp3) is 0.562. The summed E-state index contributed by atoms with van der Waals surface area (Å²) in [6.07, 6.45) is 1.22. The van der Waals surface area contributed by atoms with E-state index in [0.29, 0.717) is 25.6 Å². The largest absolute Gasteiger partial charge is 0.370 e. The molecular weight excluding hydrogens is 472 g/mol. The number of benzene rings is 1. The third-order valence-corrected chi connectivity index (χ3v) is 5.94. The van der Waals surface area contributed by atoms with Gasteiger partial charge in [0.05, 0.1) is 6.26 Å². The molecule has 0 unspecified atom stereocenters. The van der Waals surface area contributed by atoms with Crippen molar-refractivity contribution >= 4 is 45.6 Å². The van der Waals surface area contributed by atoms with Crippen molar-refractivity contribution in [3.05, 3.63) is 30.1 Å². The van der Waals surface area contributed by atoms with Crippen LogP contribution in [0.2, 0.25) is 0 Å². The van der Waals surface area contributed by atoms with Crippen molar-refractivity contribution in [3.63, 3.8) is 0 Å². The number of halogens is 2. The Labute approximate surface area is 171 Å². The highest BCUT2D eigenvalue weighted by atomic mass is 127. The van der Waals surface area contributed by atoms with Crippen LogP contribution in [0.5, 0.6) is 0 Å². The van der Waals surface area contributed by atoms with E-state index in [4.69, 9.17) is 5.73 Å². The standard InChI is InChI=1S/C16H24FN5O2S.HI/c1-25(23,24)22-11-13(12-22)10-19-16(18)21-8-6-20(7-9-21)15-4-2-14(17)3-5-15;/h2-5,13H,6-12H2,1H3,(H2,18,19);1H. The Kier molecular flexibility index (Phi) is 7.08. The van der Waals surface area contributed by atoms with Gasteiger partial charge in [-0.1, -0.05) is 0 Å². The summed E-state index contributed by atoms with van der Waals surface area (Å²) in [5, 5.41) is 0. The second-order valence-corrected chi connectivity index (χ2v) is 8.58. The third-order valence-electron chi connectivity index (χ3n) is 4.70. The fourth-order valence-corrected chi connectivity index (χ4v) is 4.04. The second kappa shape index (κ2) is 8.70. The van der Waals surface area contributed by atoms with Crippen LogP contribution >= 0.6 is 24.0 Å². The molecule has 0 radical (unpaired) electrons. The maximum Gasteiger partial charge on any atom is 0.211 e. The fourth-order valence-electron chi connectivity index (χ4n) is 3.08. The van der Waals surface area contributed by atoms with E-state index in [-0.39, 0.29) is 35.7 Å². The third kappa shape index (κ3) is 5.19. The molecule has 10 heteroatoms. The Morgan fingerprint density at radius 3 is 2.31 bits per heavy atom. The molecule has 7 nitrogen and oxygen atoms in total. The molecule has 2 saturated heterocycles. The zero-order valence-corrected chi connectivity index (χ0v) is 17.9. The van der Waals surface area contributed by atoms with Gasteiger partial charge in [0.15, 0.2) is 5.96 Å². The number of rotatable bonds is 4. The van der Waals surface area contributed by atoms with Crippen molar-refractivity contribution in [2.75, 3.05) is 57.0 Å². The average Bonchev–Trinajstić information content (AvgIpc) is 2.53. The number of aliphatic imine (C=N–C) groups is 1. The van der Waals surface area contributed by atoms with Gasteiger partial charge in [-0.25, -0.2) is 17.1 Å². The lowest BCUT2D eigenvalue weighted by molar-refractivity contribution is 0.208. The number of piperazine rings is 1. The van der Waals surface area contributed by atoms with E-state index >= 15 is 0 Å². The lowest BCUT2D eigenvalue weighted by Crippen LogP contribution is -2.52. The molecule has 0 bridgehead atoms. The van der Waals surface area contributed by atoms with Crippen LogP contribution in [0.25, 0.3) is 0 Å². The van der Waals surface area contributed by atoms with Crippen LogP contribution in [-0.2, 0) is 10.0 Å². The van der Waals surface area contributed by atoms with E-state index in [1.165, 1.54) is 22.7 Å². The molecule has 0 amide bonds. The first-order valence-corrected chi connectivity index (χ1v) is 10.2. The van der Waals surface area contributed by atoms with Crippen molar-refractivity contribution in [1.29, 1.82) is 0 Å². The zero-order valence-electron chi connectivity index (χ0n) is 14.7. The van der Waals surface area contributed by atoms with Crippen molar-refractivity contribution in [2.24, 2.45) is 16.6 Å². The summed E-state index contributed by atoms with van der Waals surface area (Å²) in [4.78, 5) is 8.65. The molecule has 2 aliphatic heterocycles. The van der Waals surface area contributed by atoms with Crippen LogP contribution in [0.4, 0.5) is 10.1 Å². The minimum Gasteiger partial charge on any atom is -0.370 e. The number of sulfonamides is 1. The molecule has 1 aromatic carbocycles. The van der Waals surface area contributed by atoms with Gasteiger partial charge in [-0.2, -0.15) is 0 Å². The highest BCUT2D eigenvalue weighted by molar-refractivity contribution is 14.0. The maximum atomic E-state index is 13.0. The summed E-state index contributed by atoms with van der Waals surface area (Å²) in [7, 11) is -3.08. The Morgan fingerprint density at radius 2 is 1.77 bits per heavy atom. The number of guanidine groups is 1. The number of nitrogens with two attached hydrogens (primary N) is 1. The number of hydrogen-bond donors (Lipinski definition) is 1. The monoisotopic (exact) mass is 497 g/mol. The van der Waals surface area contributed by atoms with Gasteiger partial charge < -0.3 is 15.5 Å². The van der Waals surface area contributed by atoms with Gasteiger partial charge >= 0.3 is 0 Å². The summed E-state index contributed by atoms with van der Waals surface area (Å²) in [6, 6.07) is 6.50. The number of anilines is 1. The van der Waals surface area contributed by atoms with Crippen LogP contribution < -0.4 is 10.6 Å². The highest BCUT2D eigenvalue weighted by Crippen LogP contribution is 2.19. The molecule has 0 aliphatic carbocycles. The molecule has 0 aromatic heterocycles. The second-order valence-electron chi connectivity index (χ2n) is 6.60. The molecule has 2 aliphatic rings. The number of nitrogens with zero attached hydrogens (tertiary/aromatic N) is 4. The summed E-state index contributed by atoms with van der Waals surface area (Å²) in [5.41, 5.74) is 7.08. The van der Waals surface area contributed by atoms with Gasteiger partial charge in [-0.3, -0.25) is 4.99 Å². The molecule has 2 N–H and O–H groups in total. The summed E-state index contributed by atoms with van der Waals surface area (Å²) >= 11 is 0. The zero-order chi connectivity index (χ0) is 18.0. The lowest BCUT2D eigenvalue weighted by Gasteiger charge is -2.38. The number of hydrogen-bond acceptors (Lipinski definition) is 4. The minimum absolute atomic E-state index is 0. The summed E-state index contributed by atoms with van der Waals surface area (Å²) in [6.45, 7) is 4.71. The first-order valence-electron chi connectivity index (χ1n) is 8.33. The van der Waals surface area contributed by atoms with E-state index in [0.717, 1.165) is 31.9 Å². The molecule has 0 saturated carbocycles. The molecule has 0 spiro atoms. The van der Waals surface area contributed by atoms with Gasteiger partial charge in [0, 0.05) is 57.4 Å². The average molecular weight is 497 g/mol. The predicted octanol–water partition coefficient (Wildman–Crippen LogP) is 0.772. The Hall–Kier alpha value is -1.14.